The number of likely N-dealkylation sites (tertiary alicyclic amines) is 1. The molecule has 206 valence electrons. The molecule has 2 N–H and O–H groups in total. The molecular weight excluding hydrogens is 486 g/mol. The maximum absolute atomic E-state index is 12.8. The second kappa shape index (κ2) is 13.0. The van der Waals surface area contributed by atoms with Gasteiger partial charge in [0.15, 0.2) is 11.5 Å². The van der Waals surface area contributed by atoms with Crippen molar-refractivity contribution in [3.63, 3.8) is 0 Å². The second-order valence-corrected chi connectivity index (χ2v) is 9.92. The molecule has 1 fully saturated rings. The van der Waals surface area contributed by atoms with Gasteiger partial charge >= 0.3 is 5.97 Å². The zero-order chi connectivity index (χ0) is 27.1. The van der Waals surface area contributed by atoms with Gasteiger partial charge in [-0.3, -0.25) is 19.4 Å². The third-order valence-electron chi connectivity index (χ3n) is 7.35. The summed E-state index contributed by atoms with van der Waals surface area (Å²) in [5.41, 5.74) is 1.86. The molecule has 4 rings (SSSR count). The summed E-state index contributed by atoms with van der Waals surface area (Å²) in [6, 6.07) is 13.1. The summed E-state index contributed by atoms with van der Waals surface area (Å²) in [6.45, 7) is 8.00. The molecule has 2 aromatic rings. The number of aliphatic carboxylic acids is 1. The van der Waals surface area contributed by atoms with Gasteiger partial charge in [-0.1, -0.05) is 32.0 Å². The largest absolute Gasteiger partial charge is 0.497 e. The molecule has 1 saturated heterocycles. The zero-order valence-electron chi connectivity index (χ0n) is 22.5. The highest BCUT2D eigenvalue weighted by Crippen LogP contribution is 2.47. The smallest absolute Gasteiger partial charge is 0.309 e. The lowest BCUT2D eigenvalue weighted by Gasteiger charge is -2.30. The number of hydrogen-bond donors (Lipinski definition) is 2. The minimum atomic E-state index is -0.833. The summed E-state index contributed by atoms with van der Waals surface area (Å²) in [4.78, 5) is 29.6. The highest BCUT2D eigenvalue weighted by molar-refractivity contribution is 5.78. The number of rotatable bonds is 13. The van der Waals surface area contributed by atoms with Gasteiger partial charge in [-0.25, -0.2) is 0 Å². The molecule has 3 atom stereocenters. The number of carbonyl (C=O) groups excluding carboxylic acids is 1. The number of methoxy groups -OCH3 is 1. The SMILES string of the molecule is CCCNC(=O)CN(CCC)CCN1CC(c2ccc3c(c2)OCO3)C(C(=O)O)C1c1ccc(OC)cc1. The van der Waals surface area contributed by atoms with Gasteiger partial charge in [0.25, 0.3) is 0 Å². The van der Waals surface area contributed by atoms with Crippen LogP contribution in [-0.2, 0) is 9.59 Å². The van der Waals surface area contributed by atoms with Crippen LogP contribution in [0.3, 0.4) is 0 Å². The summed E-state index contributed by atoms with van der Waals surface area (Å²) < 4.78 is 16.4. The quantitative estimate of drug-likeness (QED) is 0.410. The van der Waals surface area contributed by atoms with Gasteiger partial charge in [0.2, 0.25) is 12.7 Å². The van der Waals surface area contributed by atoms with E-state index in [9.17, 15) is 14.7 Å². The van der Waals surface area contributed by atoms with Crippen molar-refractivity contribution in [2.75, 3.05) is 53.2 Å². The molecule has 2 aromatic carbocycles. The van der Waals surface area contributed by atoms with Crippen molar-refractivity contribution in [2.45, 2.75) is 38.6 Å². The number of amides is 1. The van der Waals surface area contributed by atoms with Gasteiger partial charge in [-0.15, -0.1) is 0 Å². The summed E-state index contributed by atoms with van der Waals surface area (Å²) in [5.74, 6) is 0.356. The molecule has 0 radical (unpaired) electrons. The number of carboxylic acid groups (broad SMARTS) is 1. The van der Waals surface area contributed by atoms with E-state index in [1.165, 1.54) is 0 Å². The molecule has 0 bridgehead atoms. The van der Waals surface area contributed by atoms with E-state index in [-0.39, 0.29) is 24.7 Å². The van der Waals surface area contributed by atoms with Gasteiger partial charge < -0.3 is 24.6 Å². The Kier molecular flexibility index (Phi) is 9.47. The first-order valence-corrected chi connectivity index (χ1v) is 13.4. The number of fused-ring (bicyclic) bond motifs is 1. The van der Waals surface area contributed by atoms with Gasteiger partial charge in [0.05, 0.1) is 19.6 Å². The average Bonchev–Trinajstić information content (AvgIpc) is 3.55. The number of nitrogens with zero attached hydrogens (tertiary/aromatic N) is 2. The average molecular weight is 526 g/mol. The number of carbonyl (C=O) groups is 2. The molecular formula is C29H39N3O6. The lowest BCUT2D eigenvalue weighted by Crippen LogP contribution is -2.42. The van der Waals surface area contributed by atoms with Gasteiger partial charge in [0.1, 0.15) is 5.75 Å². The second-order valence-electron chi connectivity index (χ2n) is 9.92. The number of benzene rings is 2. The van der Waals surface area contributed by atoms with Gasteiger partial charge in [-0.2, -0.15) is 0 Å². The van der Waals surface area contributed by atoms with Crippen molar-refractivity contribution in [1.82, 2.24) is 15.1 Å². The van der Waals surface area contributed by atoms with Crippen LogP contribution in [0.4, 0.5) is 0 Å². The highest BCUT2D eigenvalue weighted by atomic mass is 16.7. The lowest BCUT2D eigenvalue weighted by molar-refractivity contribution is -0.143. The van der Waals surface area contributed by atoms with Crippen LogP contribution in [0.5, 0.6) is 17.2 Å². The Balaban J connectivity index is 1.60. The first-order valence-electron chi connectivity index (χ1n) is 13.4. The third-order valence-corrected chi connectivity index (χ3v) is 7.35. The van der Waals surface area contributed by atoms with E-state index in [4.69, 9.17) is 14.2 Å². The molecule has 1 amide bonds. The van der Waals surface area contributed by atoms with Crippen molar-refractivity contribution in [1.29, 1.82) is 0 Å². The predicted octanol–water partition coefficient (Wildman–Crippen LogP) is 3.50. The molecule has 0 spiro atoms. The van der Waals surface area contributed by atoms with Crippen LogP contribution >= 0.6 is 0 Å². The highest BCUT2D eigenvalue weighted by Gasteiger charge is 2.47. The Morgan fingerprint density at radius 1 is 1.05 bits per heavy atom. The topological polar surface area (TPSA) is 101 Å². The van der Waals surface area contributed by atoms with E-state index in [0.717, 1.165) is 36.3 Å². The van der Waals surface area contributed by atoms with E-state index in [1.807, 2.05) is 49.4 Å². The standard InChI is InChI=1S/C29H39N3O6/c1-4-12-30-26(33)18-31(13-5-2)14-15-32-17-23(21-8-11-24-25(16-21)38-19-37-24)27(29(34)35)28(32)20-6-9-22(36-3)10-7-20/h6-11,16,23,27-28H,4-5,12-15,17-19H2,1-3H3,(H,30,33)(H,34,35). The normalized spacial score (nSPS) is 20.6. The summed E-state index contributed by atoms with van der Waals surface area (Å²) in [5, 5.41) is 13.4. The number of hydrogen-bond acceptors (Lipinski definition) is 7. The first-order chi connectivity index (χ1) is 18.4. The fourth-order valence-corrected chi connectivity index (χ4v) is 5.52. The van der Waals surface area contributed by atoms with Crippen LogP contribution in [0.25, 0.3) is 0 Å². The lowest BCUT2D eigenvalue weighted by atomic mass is 9.82. The molecule has 38 heavy (non-hydrogen) atoms. The van der Waals surface area contributed by atoms with Gasteiger partial charge in [-0.05, 0) is 54.8 Å². The van der Waals surface area contributed by atoms with E-state index < -0.39 is 11.9 Å². The first kappa shape index (κ1) is 27.7. The maximum atomic E-state index is 12.8. The molecule has 2 aliphatic rings. The zero-order valence-corrected chi connectivity index (χ0v) is 22.5. The van der Waals surface area contributed by atoms with Crippen molar-refractivity contribution < 1.29 is 28.9 Å². The summed E-state index contributed by atoms with van der Waals surface area (Å²) in [6.07, 6.45) is 1.83. The fourth-order valence-electron chi connectivity index (χ4n) is 5.52. The van der Waals surface area contributed by atoms with E-state index in [0.29, 0.717) is 44.2 Å². The van der Waals surface area contributed by atoms with Crippen molar-refractivity contribution in [2.24, 2.45) is 5.92 Å². The number of carboxylic acids is 1. The minimum absolute atomic E-state index is 0.0232. The number of nitrogens with one attached hydrogen (secondary N) is 1. The Morgan fingerprint density at radius 3 is 2.47 bits per heavy atom. The maximum Gasteiger partial charge on any atom is 0.309 e. The third kappa shape index (κ3) is 6.39. The van der Waals surface area contributed by atoms with Crippen molar-refractivity contribution in [3.05, 3.63) is 53.6 Å². The van der Waals surface area contributed by atoms with E-state index in [2.05, 4.69) is 22.0 Å². The molecule has 9 nitrogen and oxygen atoms in total. The van der Waals surface area contributed by atoms with Crippen molar-refractivity contribution >= 4 is 11.9 Å². The minimum Gasteiger partial charge on any atom is -0.497 e. The molecule has 3 unspecified atom stereocenters. The molecule has 0 aliphatic carbocycles. The van der Waals surface area contributed by atoms with Crippen LogP contribution in [0.1, 0.15) is 49.8 Å². The molecule has 2 heterocycles. The molecule has 9 heteroatoms. The van der Waals surface area contributed by atoms with Gasteiger partial charge in [0, 0.05) is 38.1 Å². The van der Waals surface area contributed by atoms with Crippen molar-refractivity contribution in [3.8, 4) is 17.2 Å². The van der Waals surface area contributed by atoms with E-state index in [1.54, 1.807) is 7.11 Å². The van der Waals surface area contributed by atoms with Crippen LogP contribution in [0, 0.1) is 5.92 Å². The fraction of sp³-hybridized carbons (Fsp3) is 0.517. The Labute approximate surface area is 224 Å². The number of ether oxygens (including phenoxy) is 3. The van der Waals surface area contributed by atoms with E-state index >= 15 is 0 Å². The van der Waals surface area contributed by atoms with Crippen LogP contribution < -0.4 is 19.5 Å². The summed E-state index contributed by atoms with van der Waals surface area (Å²) in [7, 11) is 1.62. The van der Waals surface area contributed by atoms with Crippen LogP contribution in [0.2, 0.25) is 0 Å². The van der Waals surface area contributed by atoms with Crippen LogP contribution in [0.15, 0.2) is 42.5 Å². The molecule has 0 aromatic heterocycles. The monoisotopic (exact) mass is 525 g/mol. The predicted molar refractivity (Wildman–Crippen MR) is 144 cm³/mol. The molecule has 2 aliphatic heterocycles. The Hall–Kier alpha value is -3.30. The Morgan fingerprint density at radius 2 is 1.79 bits per heavy atom. The van der Waals surface area contributed by atoms with Crippen LogP contribution in [-0.4, -0.2) is 80.0 Å². The summed E-state index contributed by atoms with van der Waals surface area (Å²) >= 11 is 0. The molecule has 0 saturated carbocycles. The Bertz CT molecular complexity index is 1090.